The quantitative estimate of drug-likeness (QED) is 0.617. The van der Waals surface area contributed by atoms with Gasteiger partial charge in [0.1, 0.15) is 11.4 Å². The average Bonchev–Trinajstić information content (AvgIpc) is 2.78. The topological polar surface area (TPSA) is 112 Å². The number of nitrogens with zero attached hydrogens (tertiary/aromatic N) is 2. The molecule has 34 heavy (non-hydrogen) atoms. The molecule has 1 fully saturated rings. The molecule has 0 radical (unpaired) electrons. The number of sulfonamides is 1. The van der Waals surface area contributed by atoms with Crippen molar-refractivity contribution in [2.24, 2.45) is 0 Å². The van der Waals surface area contributed by atoms with Gasteiger partial charge in [-0.25, -0.2) is 8.42 Å². The smallest absolute Gasteiger partial charge is 0.229 e. The molecule has 1 saturated heterocycles. The Morgan fingerprint density at radius 1 is 1.24 bits per heavy atom. The number of piperidine rings is 1. The zero-order valence-electron chi connectivity index (χ0n) is 19.3. The molecule has 0 unspecified atom stereocenters. The first kappa shape index (κ1) is 26.1. The molecule has 2 aromatic carbocycles. The van der Waals surface area contributed by atoms with Crippen LogP contribution in [0.15, 0.2) is 36.4 Å². The van der Waals surface area contributed by atoms with Crippen molar-refractivity contribution >= 4 is 28.1 Å². The number of nitrogens with one attached hydrogen (secondary N) is 1. The van der Waals surface area contributed by atoms with Crippen molar-refractivity contribution in [1.29, 1.82) is 5.26 Å². The summed E-state index contributed by atoms with van der Waals surface area (Å²) in [5.41, 5.74) is 2.20. The SMILES string of the molecule is COc1c(NS(C)(=O)=O)ccc2c1[C@@H](O)CC1(CCN(CCc3ccc(C#N)cc3)CC1)O2.Cl. The zero-order valence-corrected chi connectivity index (χ0v) is 20.9. The highest BCUT2D eigenvalue weighted by molar-refractivity contribution is 7.92. The van der Waals surface area contributed by atoms with Gasteiger partial charge < -0.3 is 19.5 Å². The van der Waals surface area contributed by atoms with Crippen LogP contribution in [0.5, 0.6) is 11.5 Å². The first-order valence-corrected chi connectivity index (χ1v) is 12.9. The van der Waals surface area contributed by atoms with Gasteiger partial charge in [0.05, 0.1) is 42.4 Å². The van der Waals surface area contributed by atoms with Crippen LogP contribution in [0.1, 0.15) is 42.1 Å². The molecular weight excluding hydrogens is 478 g/mol. The monoisotopic (exact) mass is 507 g/mol. The third-order valence-electron chi connectivity index (χ3n) is 6.45. The van der Waals surface area contributed by atoms with Crippen LogP contribution < -0.4 is 14.2 Å². The van der Waals surface area contributed by atoms with E-state index in [-0.39, 0.29) is 18.1 Å². The van der Waals surface area contributed by atoms with Crippen molar-refractivity contribution in [2.75, 3.05) is 37.7 Å². The van der Waals surface area contributed by atoms with E-state index >= 15 is 0 Å². The minimum absolute atomic E-state index is 0. The average molecular weight is 508 g/mol. The Hall–Kier alpha value is -2.51. The van der Waals surface area contributed by atoms with Gasteiger partial charge in [-0.15, -0.1) is 12.4 Å². The second kappa shape index (κ2) is 10.4. The maximum atomic E-state index is 11.7. The van der Waals surface area contributed by atoms with Crippen molar-refractivity contribution in [2.45, 2.75) is 37.4 Å². The summed E-state index contributed by atoms with van der Waals surface area (Å²) < 4.78 is 37.7. The number of rotatable bonds is 6. The molecule has 0 aromatic heterocycles. The van der Waals surface area contributed by atoms with E-state index < -0.39 is 21.7 Å². The molecule has 0 saturated carbocycles. The van der Waals surface area contributed by atoms with E-state index in [1.807, 2.05) is 24.3 Å². The van der Waals surface area contributed by atoms with Crippen LogP contribution in [-0.2, 0) is 16.4 Å². The van der Waals surface area contributed by atoms with Gasteiger partial charge in [0.15, 0.2) is 5.75 Å². The van der Waals surface area contributed by atoms with Gasteiger partial charge in [-0.1, -0.05) is 12.1 Å². The molecule has 8 nitrogen and oxygen atoms in total. The second-order valence-corrected chi connectivity index (χ2v) is 10.6. The Morgan fingerprint density at radius 3 is 2.50 bits per heavy atom. The molecule has 4 rings (SSSR count). The number of likely N-dealkylation sites (tertiary alicyclic amines) is 1. The number of hydrogen-bond acceptors (Lipinski definition) is 7. The van der Waals surface area contributed by atoms with E-state index in [2.05, 4.69) is 15.7 Å². The molecule has 1 atom stereocenters. The summed E-state index contributed by atoms with van der Waals surface area (Å²) in [5, 5.41) is 19.9. The number of benzene rings is 2. The van der Waals surface area contributed by atoms with Crippen molar-refractivity contribution in [1.82, 2.24) is 4.90 Å². The summed E-state index contributed by atoms with van der Waals surface area (Å²) in [4.78, 5) is 2.40. The fourth-order valence-electron chi connectivity index (χ4n) is 4.74. The second-order valence-electron chi connectivity index (χ2n) is 8.84. The van der Waals surface area contributed by atoms with E-state index in [9.17, 15) is 13.5 Å². The van der Waals surface area contributed by atoms with E-state index in [1.54, 1.807) is 12.1 Å². The van der Waals surface area contributed by atoms with Gasteiger partial charge in [-0.05, 0) is 49.1 Å². The van der Waals surface area contributed by atoms with E-state index in [4.69, 9.17) is 14.7 Å². The highest BCUT2D eigenvalue weighted by atomic mass is 35.5. The van der Waals surface area contributed by atoms with Crippen LogP contribution in [0, 0.1) is 11.3 Å². The van der Waals surface area contributed by atoms with Crippen LogP contribution in [-0.4, -0.2) is 57.0 Å². The number of aliphatic hydroxyl groups is 1. The lowest BCUT2D eigenvalue weighted by Gasteiger charge is -2.46. The Bertz CT molecular complexity index is 1160. The van der Waals surface area contributed by atoms with Gasteiger partial charge in [0, 0.05) is 26.1 Å². The molecule has 2 aliphatic rings. The molecule has 0 amide bonds. The van der Waals surface area contributed by atoms with Crippen LogP contribution in [0.3, 0.4) is 0 Å². The Kier molecular flexibility index (Phi) is 7.98. The number of aliphatic hydroxyl groups excluding tert-OH is 1. The lowest BCUT2D eigenvalue weighted by Crippen LogP contribution is -2.50. The number of fused-ring (bicyclic) bond motifs is 1. The molecule has 2 heterocycles. The van der Waals surface area contributed by atoms with Gasteiger partial charge in [0.25, 0.3) is 0 Å². The standard InChI is InChI=1S/C24H29N3O5S.ClH/c1-31-23-19(26-33(2,29)30)7-8-21-22(23)20(28)15-24(32-21)10-13-27(14-11-24)12-9-17-3-5-18(16-25)6-4-17;/h3-8,20,26,28H,9-15H2,1-2H3;1H/t20-;/m0./s1. The first-order valence-electron chi connectivity index (χ1n) is 11.0. The van der Waals surface area contributed by atoms with Crippen molar-refractivity contribution < 1.29 is 23.0 Å². The Morgan fingerprint density at radius 2 is 1.91 bits per heavy atom. The number of anilines is 1. The van der Waals surface area contributed by atoms with Crippen LogP contribution >= 0.6 is 12.4 Å². The van der Waals surface area contributed by atoms with E-state index in [0.29, 0.717) is 29.0 Å². The molecule has 2 aromatic rings. The Balaban J connectivity index is 0.00000324. The zero-order chi connectivity index (χ0) is 23.6. The minimum Gasteiger partial charge on any atom is -0.494 e. The number of halogens is 1. The van der Waals surface area contributed by atoms with Crippen molar-refractivity contribution in [3.63, 3.8) is 0 Å². The molecule has 1 spiro atoms. The molecule has 184 valence electrons. The maximum absolute atomic E-state index is 11.7. The fourth-order valence-corrected chi connectivity index (χ4v) is 5.30. The maximum Gasteiger partial charge on any atom is 0.229 e. The molecule has 0 bridgehead atoms. The normalized spacial score (nSPS) is 19.3. The van der Waals surface area contributed by atoms with Gasteiger partial charge >= 0.3 is 0 Å². The van der Waals surface area contributed by atoms with Gasteiger partial charge in [0.2, 0.25) is 10.0 Å². The molecule has 10 heteroatoms. The van der Waals surface area contributed by atoms with E-state index in [1.165, 1.54) is 12.7 Å². The summed E-state index contributed by atoms with van der Waals surface area (Å²) in [6.07, 6.45) is 3.20. The minimum atomic E-state index is -3.49. The summed E-state index contributed by atoms with van der Waals surface area (Å²) in [7, 11) is -2.04. The lowest BCUT2D eigenvalue weighted by atomic mass is 9.81. The summed E-state index contributed by atoms with van der Waals surface area (Å²) in [6, 6.07) is 13.1. The molecular formula is C24H30ClN3O5S. The van der Waals surface area contributed by atoms with Crippen molar-refractivity contribution in [3.05, 3.63) is 53.1 Å². The van der Waals surface area contributed by atoms with Crippen LogP contribution in [0.4, 0.5) is 5.69 Å². The summed E-state index contributed by atoms with van der Waals surface area (Å²) in [6.45, 7) is 2.65. The number of ether oxygens (including phenoxy) is 2. The highest BCUT2D eigenvalue weighted by Gasteiger charge is 2.44. The predicted octanol–water partition coefficient (Wildman–Crippen LogP) is 3.25. The van der Waals surface area contributed by atoms with Crippen molar-refractivity contribution in [3.8, 4) is 17.6 Å². The molecule has 2 aliphatic heterocycles. The number of nitriles is 1. The Labute approximate surface area is 206 Å². The first-order chi connectivity index (χ1) is 15.7. The van der Waals surface area contributed by atoms with Crippen LogP contribution in [0.25, 0.3) is 0 Å². The van der Waals surface area contributed by atoms with Gasteiger partial charge in [-0.3, -0.25) is 4.72 Å². The lowest BCUT2D eigenvalue weighted by molar-refractivity contribution is -0.0543. The fraction of sp³-hybridized carbons (Fsp3) is 0.458. The predicted molar refractivity (Wildman–Crippen MR) is 132 cm³/mol. The van der Waals surface area contributed by atoms with Crippen LogP contribution in [0.2, 0.25) is 0 Å². The third-order valence-corrected chi connectivity index (χ3v) is 7.04. The van der Waals surface area contributed by atoms with E-state index in [0.717, 1.165) is 45.2 Å². The number of hydrogen-bond donors (Lipinski definition) is 2. The molecule has 2 N–H and O–H groups in total. The number of methoxy groups -OCH3 is 1. The largest absolute Gasteiger partial charge is 0.494 e. The third kappa shape index (κ3) is 5.76. The highest BCUT2D eigenvalue weighted by Crippen LogP contribution is 2.50. The molecule has 0 aliphatic carbocycles. The van der Waals surface area contributed by atoms with Gasteiger partial charge in [-0.2, -0.15) is 5.26 Å². The summed E-state index contributed by atoms with van der Waals surface area (Å²) in [5.74, 6) is 0.829. The summed E-state index contributed by atoms with van der Waals surface area (Å²) >= 11 is 0.